The summed E-state index contributed by atoms with van der Waals surface area (Å²) >= 11 is 0. The van der Waals surface area contributed by atoms with Crippen molar-refractivity contribution in [2.24, 2.45) is 0 Å². The van der Waals surface area contributed by atoms with Gasteiger partial charge >= 0.3 is 0 Å². The number of nitrogens with zero attached hydrogens (tertiary/aromatic N) is 1. The monoisotopic (exact) mass is 251 g/mol. The van der Waals surface area contributed by atoms with Crippen LogP contribution in [0.3, 0.4) is 0 Å². The van der Waals surface area contributed by atoms with Crippen LogP contribution < -0.4 is 10.6 Å². The first kappa shape index (κ1) is 14.1. The molecule has 0 heterocycles. The van der Waals surface area contributed by atoms with Crippen molar-refractivity contribution in [3.63, 3.8) is 0 Å². The molecule has 1 aromatic rings. The number of nitro benzene ring substituents is 1. The molecule has 2 N–H and O–H groups in total. The summed E-state index contributed by atoms with van der Waals surface area (Å²) < 4.78 is 0. The van der Waals surface area contributed by atoms with E-state index in [1.54, 1.807) is 25.2 Å². The highest BCUT2D eigenvalue weighted by atomic mass is 16.6. The number of carbonyl (C=O) groups excluding carboxylic acids is 1. The van der Waals surface area contributed by atoms with E-state index in [-0.39, 0.29) is 11.6 Å². The van der Waals surface area contributed by atoms with Crippen molar-refractivity contribution in [1.29, 1.82) is 0 Å². The Morgan fingerprint density at radius 3 is 2.72 bits per heavy atom. The van der Waals surface area contributed by atoms with E-state index in [4.69, 9.17) is 0 Å². The second kappa shape index (κ2) is 7.39. The highest BCUT2D eigenvalue weighted by molar-refractivity contribution is 5.76. The van der Waals surface area contributed by atoms with Crippen molar-refractivity contribution in [2.75, 3.05) is 20.1 Å². The number of carbonyl (C=O) groups is 1. The smallest absolute Gasteiger partial charge is 0.272 e. The summed E-state index contributed by atoms with van der Waals surface area (Å²) in [4.78, 5) is 21.7. The van der Waals surface area contributed by atoms with Gasteiger partial charge in [-0.25, -0.2) is 0 Å². The van der Waals surface area contributed by atoms with E-state index >= 15 is 0 Å². The van der Waals surface area contributed by atoms with Crippen LogP contribution in [0.5, 0.6) is 0 Å². The second-order valence-corrected chi connectivity index (χ2v) is 3.84. The van der Waals surface area contributed by atoms with Gasteiger partial charge in [-0.2, -0.15) is 0 Å². The molecule has 0 saturated heterocycles. The van der Waals surface area contributed by atoms with Crippen molar-refractivity contribution in [1.82, 2.24) is 10.6 Å². The molecule has 0 atom stereocenters. The number of benzene rings is 1. The minimum absolute atomic E-state index is 0.0528. The van der Waals surface area contributed by atoms with Gasteiger partial charge in [-0.15, -0.1) is 0 Å². The van der Waals surface area contributed by atoms with E-state index in [0.717, 1.165) is 0 Å². The molecule has 0 aromatic heterocycles. The first-order valence-corrected chi connectivity index (χ1v) is 5.78. The molecule has 0 aliphatic heterocycles. The zero-order valence-corrected chi connectivity index (χ0v) is 10.3. The molecule has 0 saturated carbocycles. The maximum Gasteiger partial charge on any atom is 0.272 e. The number of amides is 1. The van der Waals surface area contributed by atoms with Gasteiger partial charge < -0.3 is 10.6 Å². The van der Waals surface area contributed by atoms with E-state index in [9.17, 15) is 14.9 Å². The van der Waals surface area contributed by atoms with Crippen molar-refractivity contribution < 1.29 is 9.72 Å². The minimum Gasteiger partial charge on any atom is -0.356 e. The summed E-state index contributed by atoms with van der Waals surface area (Å²) in [6.07, 6.45) is 0.871. The number of hydrogen-bond acceptors (Lipinski definition) is 4. The molecule has 6 nitrogen and oxygen atoms in total. The zero-order chi connectivity index (χ0) is 13.4. The summed E-state index contributed by atoms with van der Waals surface area (Å²) in [6.45, 7) is 1.03. The number of para-hydroxylation sites is 1. The van der Waals surface area contributed by atoms with Crippen molar-refractivity contribution >= 4 is 11.6 Å². The van der Waals surface area contributed by atoms with Crippen LogP contribution in [0.2, 0.25) is 0 Å². The van der Waals surface area contributed by atoms with Crippen molar-refractivity contribution in [3.05, 3.63) is 39.9 Å². The van der Waals surface area contributed by atoms with Crippen LogP contribution in [-0.4, -0.2) is 31.0 Å². The Labute approximate surface area is 106 Å². The molecule has 1 aromatic carbocycles. The quantitative estimate of drug-likeness (QED) is 0.556. The summed E-state index contributed by atoms with van der Waals surface area (Å²) in [5.41, 5.74) is 0.735. The van der Waals surface area contributed by atoms with Gasteiger partial charge in [0.1, 0.15) is 0 Å². The molecule has 0 bridgehead atoms. The van der Waals surface area contributed by atoms with Crippen LogP contribution in [0.25, 0.3) is 0 Å². The lowest BCUT2D eigenvalue weighted by Crippen LogP contribution is -2.28. The Morgan fingerprint density at radius 1 is 1.33 bits per heavy atom. The van der Waals surface area contributed by atoms with Crippen molar-refractivity contribution in [2.45, 2.75) is 12.8 Å². The predicted octanol–water partition coefficient (Wildman–Crippen LogP) is 0.863. The van der Waals surface area contributed by atoms with Crippen LogP contribution >= 0.6 is 0 Å². The summed E-state index contributed by atoms with van der Waals surface area (Å²) in [6, 6.07) is 6.56. The number of hydrogen-bond donors (Lipinski definition) is 2. The third-order valence-electron chi connectivity index (χ3n) is 2.51. The third-order valence-corrected chi connectivity index (χ3v) is 2.51. The second-order valence-electron chi connectivity index (χ2n) is 3.84. The molecule has 98 valence electrons. The van der Waals surface area contributed by atoms with Gasteiger partial charge in [0.15, 0.2) is 0 Å². The van der Waals surface area contributed by atoms with E-state index in [1.807, 2.05) is 0 Å². The highest BCUT2D eigenvalue weighted by Crippen LogP contribution is 2.17. The standard InChI is InChI=1S/C12H17N3O3/c1-13-8-7-12(16)14-9-6-10-4-2-3-5-11(10)15(17)18/h2-5,13H,6-9H2,1H3,(H,14,16). The van der Waals surface area contributed by atoms with Crippen LogP contribution in [0.1, 0.15) is 12.0 Å². The Balaban J connectivity index is 2.44. The molecule has 1 rings (SSSR count). The van der Waals surface area contributed by atoms with Crippen LogP contribution in [0.4, 0.5) is 5.69 Å². The first-order valence-electron chi connectivity index (χ1n) is 5.78. The molecular formula is C12H17N3O3. The topological polar surface area (TPSA) is 84.3 Å². The first-order chi connectivity index (χ1) is 8.65. The SMILES string of the molecule is CNCCC(=O)NCCc1ccccc1[N+](=O)[O-]. The largest absolute Gasteiger partial charge is 0.356 e. The lowest BCUT2D eigenvalue weighted by molar-refractivity contribution is -0.385. The molecule has 0 radical (unpaired) electrons. The van der Waals surface area contributed by atoms with Gasteiger partial charge in [0.25, 0.3) is 5.69 Å². The fraction of sp³-hybridized carbons (Fsp3) is 0.417. The Bertz CT molecular complexity index is 421. The van der Waals surface area contributed by atoms with Crippen LogP contribution in [-0.2, 0) is 11.2 Å². The molecule has 18 heavy (non-hydrogen) atoms. The molecule has 1 amide bonds. The van der Waals surface area contributed by atoms with Crippen LogP contribution in [0, 0.1) is 10.1 Å². The highest BCUT2D eigenvalue weighted by Gasteiger charge is 2.11. The normalized spacial score (nSPS) is 10.1. The maximum absolute atomic E-state index is 11.3. The van der Waals surface area contributed by atoms with Gasteiger partial charge in [0.2, 0.25) is 5.91 Å². The Kier molecular flexibility index (Phi) is 5.79. The van der Waals surface area contributed by atoms with Crippen LogP contribution in [0.15, 0.2) is 24.3 Å². The average molecular weight is 251 g/mol. The van der Waals surface area contributed by atoms with Gasteiger partial charge in [0.05, 0.1) is 4.92 Å². The average Bonchev–Trinajstić information content (AvgIpc) is 2.36. The zero-order valence-electron chi connectivity index (χ0n) is 10.3. The number of nitro groups is 1. The number of nitrogens with one attached hydrogen (secondary N) is 2. The lowest BCUT2D eigenvalue weighted by Gasteiger charge is -2.05. The summed E-state index contributed by atoms with van der Waals surface area (Å²) in [7, 11) is 1.78. The molecule has 0 aliphatic rings. The van der Waals surface area contributed by atoms with E-state index < -0.39 is 4.92 Å². The molecule has 0 unspecified atom stereocenters. The molecule has 0 aliphatic carbocycles. The fourth-order valence-corrected chi connectivity index (χ4v) is 1.56. The Morgan fingerprint density at radius 2 is 2.06 bits per heavy atom. The van der Waals surface area contributed by atoms with Crippen molar-refractivity contribution in [3.8, 4) is 0 Å². The lowest BCUT2D eigenvalue weighted by atomic mass is 10.1. The minimum atomic E-state index is -0.405. The maximum atomic E-state index is 11.3. The van der Waals surface area contributed by atoms with Gasteiger partial charge in [-0.05, 0) is 13.5 Å². The summed E-state index contributed by atoms with van der Waals surface area (Å²) in [5, 5.41) is 16.4. The van der Waals surface area contributed by atoms with E-state index in [1.165, 1.54) is 6.07 Å². The van der Waals surface area contributed by atoms with E-state index in [0.29, 0.717) is 31.5 Å². The third kappa shape index (κ3) is 4.50. The Hall–Kier alpha value is -1.95. The molecular weight excluding hydrogens is 234 g/mol. The molecule has 0 spiro atoms. The summed E-state index contributed by atoms with van der Waals surface area (Å²) in [5.74, 6) is -0.0528. The van der Waals surface area contributed by atoms with E-state index in [2.05, 4.69) is 10.6 Å². The predicted molar refractivity (Wildman–Crippen MR) is 68.4 cm³/mol. The van der Waals surface area contributed by atoms with Gasteiger partial charge in [-0.1, -0.05) is 18.2 Å². The van der Waals surface area contributed by atoms with Gasteiger partial charge in [0, 0.05) is 31.1 Å². The number of rotatable bonds is 7. The molecule has 6 heteroatoms. The fourth-order valence-electron chi connectivity index (χ4n) is 1.56. The van der Waals surface area contributed by atoms with Gasteiger partial charge in [-0.3, -0.25) is 14.9 Å². The molecule has 0 fully saturated rings.